The molecule has 1 heteroatoms. The average molecular weight is 252 g/mol. The number of benzene rings is 2. The molecule has 0 spiro atoms. The molecule has 1 aliphatic carbocycles. The van der Waals surface area contributed by atoms with Gasteiger partial charge in [0.1, 0.15) is 12.4 Å². The zero-order chi connectivity index (χ0) is 13.1. The van der Waals surface area contributed by atoms with Gasteiger partial charge in [-0.3, -0.25) is 0 Å². The van der Waals surface area contributed by atoms with Crippen LogP contribution in [0.25, 0.3) is 0 Å². The Labute approximate surface area is 115 Å². The third-order valence-corrected chi connectivity index (χ3v) is 3.96. The Balaban J connectivity index is 1.66. The first-order chi connectivity index (χ1) is 9.33. The van der Waals surface area contributed by atoms with E-state index in [0.29, 0.717) is 12.5 Å². The molecule has 2 aromatic rings. The van der Waals surface area contributed by atoms with Gasteiger partial charge in [0, 0.05) is 0 Å². The highest BCUT2D eigenvalue weighted by atomic mass is 16.5. The van der Waals surface area contributed by atoms with Crippen molar-refractivity contribution >= 4 is 0 Å². The summed E-state index contributed by atoms with van der Waals surface area (Å²) in [6, 6.07) is 18.9. The van der Waals surface area contributed by atoms with Crippen molar-refractivity contribution < 1.29 is 4.74 Å². The molecule has 1 aliphatic rings. The predicted molar refractivity (Wildman–Crippen MR) is 78.4 cm³/mol. The van der Waals surface area contributed by atoms with Crippen LogP contribution in [0, 0.1) is 5.92 Å². The molecule has 0 amide bonds. The third kappa shape index (κ3) is 3.17. The van der Waals surface area contributed by atoms with E-state index in [-0.39, 0.29) is 0 Å². The Kier molecular flexibility index (Phi) is 3.54. The van der Waals surface area contributed by atoms with Crippen molar-refractivity contribution in [2.75, 3.05) is 0 Å². The van der Waals surface area contributed by atoms with E-state index < -0.39 is 0 Å². The van der Waals surface area contributed by atoms with Crippen molar-refractivity contribution in [1.29, 1.82) is 0 Å². The Morgan fingerprint density at radius 2 is 1.84 bits per heavy atom. The summed E-state index contributed by atoms with van der Waals surface area (Å²) in [7, 11) is 0. The molecule has 1 nitrogen and oxygen atoms in total. The molecule has 0 unspecified atom stereocenters. The smallest absolute Gasteiger partial charge is 0.120 e. The van der Waals surface area contributed by atoms with Crippen molar-refractivity contribution in [1.82, 2.24) is 0 Å². The minimum Gasteiger partial charge on any atom is -0.489 e. The summed E-state index contributed by atoms with van der Waals surface area (Å²) in [5.41, 5.74) is 2.62. The molecule has 0 aliphatic heterocycles. The molecule has 0 saturated heterocycles. The van der Waals surface area contributed by atoms with Crippen LogP contribution in [-0.2, 0) is 6.61 Å². The first-order valence-electron chi connectivity index (χ1n) is 7.09. The maximum atomic E-state index is 5.88. The average Bonchev–Trinajstić information content (AvgIpc) is 3.30. The largest absolute Gasteiger partial charge is 0.489 e. The van der Waals surface area contributed by atoms with E-state index >= 15 is 0 Å². The number of hydrogen-bond acceptors (Lipinski definition) is 1. The van der Waals surface area contributed by atoms with Gasteiger partial charge in [-0.25, -0.2) is 0 Å². The zero-order valence-electron chi connectivity index (χ0n) is 11.4. The van der Waals surface area contributed by atoms with Crippen LogP contribution in [0.5, 0.6) is 5.75 Å². The van der Waals surface area contributed by atoms with Gasteiger partial charge in [0.15, 0.2) is 0 Å². The molecular weight excluding hydrogens is 232 g/mol. The Morgan fingerprint density at radius 3 is 2.58 bits per heavy atom. The Hall–Kier alpha value is -1.76. The lowest BCUT2D eigenvalue weighted by molar-refractivity contribution is 0.305. The normalized spacial score (nSPS) is 16.1. The van der Waals surface area contributed by atoms with E-state index in [2.05, 4.69) is 37.3 Å². The molecule has 1 fully saturated rings. The quantitative estimate of drug-likeness (QED) is 0.744. The van der Waals surface area contributed by atoms with Crippen LogP contribution in [0.4, 0.5) is 0 Å². The Bertz CT molecular complexity index is 528. The van der Waals surface area contributed by atoms with Crippen molar-refractivity contribution in [3.05, 3.63) is 65.7 Å². The van der Waals surface area contributed by atoms with Gasteiger partial charge in [0.2, 0.25) is 0 Å². The minimum absolute atomic E-state index is 0.641. The monoisotopic (exact) mass is 252 g/mol. The number of rotatable bonds is 5. The third-order valence-electron chi connectivity index (χ3n) is 3.96. The molecule has 1 atom stereocenters. The molecule has 1 saturated carbocycles. The van der Waals surface area contributed by atoms with E-state index in [1.54, 1.807) is 0 Å². The zero-order valence-corrected chi connectivity index (χ0v) is 11.4. The van der Waals surface area contributed by atoms with Crippen molar-refractivity contribution in [3.8, 4) is 5.75 Å². The van der Waals surface area contributed by atoms with Crippen LogP contribution in [0.2, 0.25) is 0 Å². The maximum absolute atomic E-state index is 5.88. The second kappa shape index (κ2) is 5.48. The first-order valence-corrected chi connectivity index (χ1v) is 7.09. The fourth-order valence-corrected chi connectivity index (χ4v) is 2.50. The summed E-state index contributed by atoms with van der Waals surface area (Å²) in [6.07, 6.45) is 2.77. The van der Waals surface area contributed by atoms with Crippen molar-refractivity contribution in [2.45, 2.75) is 32.3 Å². The van der Waals surface area contributed by atoms with Crippen LogP contribution < -0.4 is 4.74 Å². The molecule has 0 aromatic heterocycles. The number of ether oxygens (including phenoxy) is 1. The van der Waals surface area contributed by atoms with Gasteiger partial charge in [-0.15, -0.1) is 0 Å². The standard InChI is InChI=1S/C18H20O/c1-14(16-10-11-16)17-8-5-9-18(12-17)19-13-15-6-3-2-4-7-15/h2-9,12,14,16H,10-11,13H2,1H3/t14-/m1/s1. The van der Waals surface area contributed by atoms with Gasteiger partial charge in [-0.05, 0) is 47.9 Å². The van der Waals surface area contributed by atoms with Crippen LogP contribution in [0.1, 0.15) is 36.8 Å². The predicted octanol–water partition coefficient (Wildman–Crippen LogP) is 4.78. The lowest BCUT2D eigenvalue weighted by atomic mass is 9.96. The van der Waals surface area contributed by atoms with Gasteiger partial charge in [0.25, 0.3) is 0 Å². The lowest BCUT2D eigenvalue weighted by Crippen LogP contribution is -1.98. The lowest BCUT2D eigenvalue weighted by Gasteiger charge is -2.13. The molecule has 0 bridgehead atoms. The fraction of sp³-hybridized carbons (Fsp3) is 0.333. The molecule has 0 heterocycles. The summed E-state index contributed by atoms with van der Waals surface area (Å²) in [4.78, 5) is 0. The molecule has 19 heavy (non-hydrogen) atoms. The van der Waals surface area contributed by atoms with Crippen LogP contribution in [-0.4, -0.2) is 0 Å². The van der Waals surface area contributed by atoms with Crippen LogP contribution >= 0.6 is 0 Å². The molecular formula is C18H20O. The van der Waals surface area contributed by atoms with Crippen molar-refractivity contribution in [2.24, 2.45) is 5.92 Å². The van der Waals surface area contributed by atoms with Gasteiger partial charge < -0.3 is 4.74 Å². The summed E-state index contributed by atoms with van der Waals surface area (Å²) < 4.78 is 5.88. The molecule has 3 rings (SSSR count). The molecule has 0 radical (unpaired) electrons. The van der Waals surface area contributed by atoms with Crippen LogP contribution in [0.15, 0.2) is 54.6 Å². The SMILES string of the molecule is C[C@@H](c1cccc(OCc2ccccc2)c1)C1CC1. The van der Waals surface area contributed by atoms with E-state index in [4.69, 9.17) is 4.74 Å². The van der Waals surface area contributed by atoms with E-state index in [0.717, 1.165) is 11.7 Å². The van der Waals surface area contributed by atoms with E-state index in [9.17, 15) is 0 Å². The summed E-state index contributed by atoms with van der Waals surface area (Å²) >= 11 is 0. The Morgan fingerprint density at radius 1 is 1.05 bits per heavy atom. The second-order valence-corrected chi connectivity index (χ2v) is 5.47. The highest BCUT2D eigenvalue weighted by Gasteiger charge is 2.28. The molecule has 2 aromatic carbocycles. The van der Waals surface area contributed by atoms with Gasteiger partial charge in [-0.1, -0.05) is 49.4 Å². The van der Waals surface area contributed by atoms with Crippen LogP contribution in [0.3, 0.4) is 0 Å². The summed E-state index contributed by atoms with van der Waals surface area (Å²) in [5.74, 6) is 2.54. The molecule has 0 N–H and O–H groups in total. The van der Waals surface area contributed by atoms with Crippen molar-refractivity contribution in [3.63, 3.8) is 0 Å². The maximum Gasteiger partial charge on any atom is 0.120 e. The van der Waals surface area contributed by atoms with Gasteiger partial charge >= 0.3 is 0 Å². The molecule has 98 valence electrons. The first kappa shape index (κ1) is 12.3. The highest BCUT2D eigenvalue weighted by molar-refractivity contribution is 5.31. The fourth-order valence-electron chi connectivity index (χ4n) is 2.50. The van der Waals surface area contributed by atoms with Gasteiger partial charge in [-0.2, -0.15) is 0 Å². The number of hydrogen-bond donors (Lipinski definition) is 0. The topological polar surface area (TPSA) is 9.23 Å². The highest BCUT2D eigenvalue weighted by Crippen LogP contribution is 2.42. The van der Waals surface area contributed by atoms with E-state index in [1.807, 2.05) is 24.3 Å². The minimum atomic E-state index is 0.641. The van der Waals surface area contributed by atoms with Gasteiger partial charge in [0.05, 0.1) is 0 Å². The summed E-state index contributed by atoms with van der Waals surface area (Å²) in [6.45, 7) is 2.97. The van der Waals surface area contributed by atoms with E-state index in [1.165, 1.54) is 24.0 Å². The summed E-state index contributed by atoms with van der Waals surface area (Å²) in [5, 5.41) is 0. The second-order valence-electron chi connectivity index (χ2n) is 5.47.